The molecule has 2 aromatic rings. The van der Waals surface area contributed by atoms with Crippen LogP contribution < -0.4 is 5.32 Å². The summed E-state index contributed by atoms with van der Waals surface area (Å²) in [5.74, 6) is -0.106. The van der Waals surface area contributed by atoms with Crippen LogP contribution in [0.5, 0.6) is 0 Å². The van der Waals surface area contributed by atoms with Crippen LogP contribution in [0.1, 0.15) is 25.8 Å². The van der Waals surface area contributed by atoms with Crippen LogP contribution in [0.4, 0.5) is 5.69 Å². The zero-order valence-electron chi connectivity index (χ0n) is 13.2. The minimum atomic E-state index is -0.576. The molecule has 124 valence electrons. The topological polar surface area (TPSA) is 108 Å². The number of aromatic nitrogens is 1. The van der Waals surface area contributed by atoms with Crippen molar-refractivity contribution in [3.8, 4) is 0 Å². The van der Waals surface area contributed by atoms with E-state index in [1.54, 1.807) is 12.3 Å². The van der Waals surface area contributed by atoms with Crippen molar-refractivity contribution >= 4 is 22.5 Å². The Morgan fingerprint density at radius 2 is 2.22 bits per heavy atom. The maximum Gasteiger partial charge on any atom is 0.270 e. The number of aliphatic hydroxyl groups excluding tert-OH is 1. The number of carbonyl (C=O) groups excluding carboxylic acids is 1. The average Bonchev–Trinajstić information content (AvgIpc) is 2.93. The van der Waals surface area contributed by atoms with Crippen molar-refractivity contribution in [2.24, 2.45) is 5.92 Å². The highest BCUT2D eigenvalue weighted by Gasteiger charge is 2.15. The Labute approximate surface area is 133 Å². The number of hydrogen-bond donors (Lipinski definition) is 3. The molecule has 1 aromatic heterocycles. The lowest BCUT2D eigenvalue weighted by Crippen LogP contribution is -2.36. The van der Waals surface area contributed by atoms with E-state index in [1.807, 2.05) is 13.8 Å². The second kappa shape index (κ2) is 7.23. The maximum atomic E-state index is 12.0. The van der Waals surface area contributed by atoms with Gasteiger partial charge in [-0.2, -0.15) is 0 Å². The molecule has 7 heteroatoms. The molecule has 0 saturated heterocycles. The third-order valence-corrected chi connectivity index (χ3v) is 4.12. The quantitative estimate of drug-likeness (QED) is 0.536. The smallest absolute Gasteiger partial charge is 0.270 e. The van der Waals surface area contributed by atoms with Crippen molar-refractivity contribution in [2.45, 2.75) is 32.8 Å². The summed E-state index contributed by atoms with van der Waals surface area (Å²) in [5, 5.41) is 24.1. The summed E-state index contributed by atoms with van der Waals surface area (Å²) in [6.07, 6.45) is 2.05. The second-order valence-electron chi connectivity index (χ2n) is 5.73. The minimum absolute atomic E-state index is 0.00838. The summed E-state index contributed by atoms with van der Waals surface area (Å²) in [6, 6.07) is 4.51. The molecule has 0 radical (unpaired) electrons. The SMILES string of the molecule is CCC(C)C(O)CNC(=O)Cc1c[nH]c2ccc([N+](=O)[O-])cc12. The summed E-state index contributed by atoms with van der Waals surface area (Å²) >= 11 is 0. The first-order chi connectivity index (χ1) is 10.9. The molecular weight excluding hydrogens is 298 g/mol. The number of aliphatic hydroxyl groups is 1. The van der Waals surface area contributed by atoms with E-state index in [0.717, 1.165) is 11.9 Å². The highest BCUT2D eigenvalue weighted by Crippen LogP contribution is 2.24. The predicted octanol–water partition coefficient (Wildman–Crippen LogP) is 2.14. The van der Waals surface area contributed by atoms with E-state index >= 15 is 0 Å². The number of amides is 1. The van der Waals surface area contributed by atoms with Crippen molar-refractivity contribution in [3.05, 3.63) is 40.1 Å². The third-order valence-electron chi connectivity index (χ3n) is 4.12. The fourth-order valence-electron chi connectivity index (χ4n) is 2.35. The van der Waals surface area contributed by atoms with E-state index in [-0.39, 0.29) is 30.5 Å². The van der Waals surface area contributed by atoms with Gasteiger partial charge in [0.15, 0.2) is 0 Å². The van der Waals surface area contributed by atoms with E-state index in [2.05, 4.69) is 10.3 Å². The molecule has 0 saturated carbocycles. The summed E-state index contributed by atoms with van der Waals surface area (Å²) < 4.78 is 0. The highest BCUT2D eigenvalue weighted by atomic mass is 16.6. The Kier molecular flexibility index (Phi) is 5.33. The number of nitro groups is 1. The molecule has 1 amide bonds. The van der Waals surface area contributed by atoms with Crippen molar-refractivity contribution in [2.75, 3.05) is 6.54 Å². The second-order valence-corrected chi connectivity index (χ2v) is 5.73. The summed E-state index contributed by atoms with van der Waals surface area (Å²) in [5.41, 5.74) is 1.43. The number of carbonyl (C=O) groups is 1. The van der Waals surface area contributed by atoms with E-state index in [0.29, 0.717) is 10.9 Å². The molecule has 23 heavy (non-hydrogen) atoms. The molecule has 0 aliphatic rings. The van der Waals surface area contributed by atoms with Gasteiger partial charge in [-0.25, -0.2) is 0 Å². The molecule has 3 N–H and O–H groups in total. The van der Waals surface area contributed by atoms with Crippen molar-refractivity contribution in [1.29, 1.82) is 0 Å². The van der Waals surface area contributed by atoms with Gasteiger partial charge in [-0.1, -0.05) is 20.3 Å². The van der Waals surface area contributed by atoms with Gasteiger partial charge in [0.25, 0.3) is 5.69 Å². The number of nitrogens with one attached hydrogen (secondary N) is 2. The van der Waals surface area contributed by atoms with Gasteiger partial charge in [0.1, 0.15) is 0 Å². The lowest BCUT2D eigenvalue weighted by molar-refractivity contribution is -0.384. The third kappa shape index (κ3) is 4.07. The van der Waals surface area contributed by atoms with Gasteiger partial charge in [-0.05, 0) is 17.5 Å². The highest BCUT2D eigenvalue weighted by molar-refractivity contribution is 5.90. The fourth-order valence-corrected chi connectivity index (χ4v) is 2.35. The van der Waals surface area contributed by atoms with Gasteiger partial charge in [-0.3, -0.25) is 14.9 Å². The maximum absolute atomic E-state index is 12.0. The first-order valence-corrected chi connectivity index (χ1v) is 7.61. The lowest BCUT2D eigenvalue weighted by atomic mass is 10.0. The zero-order chi connectivity index (χ0) is 17.0. The molecule has 0 spiro atoms. The Bertz CT molecular complexity index is 710. The van der Waals surface area contributed by atoms with E-state index in [9.17, 15) is 20.0 Å². The van der Waals surface area contributed by atoms with Crippen LogP contribution in [-0.2, 0) is 11.2 Å². The molecule has 2 unspecified atom stereocenters. The number of hydrogen-bond acceptors (Lipinski definition) is 4. The number of nitrogens with zero attached hydrogens (tertiary/aromatic N) is 1. The average molecular weight is 319 g/mol. The molecule has 1 heterocycles. The summed E-state index contributed by atoms with van der Waals surface area (Å²) in [7, 11) is 0. The number of aromatic amines is 1. The molecule has 2 atom stereocenters. The van der Waals surface area contributed by atoms with Crippen LogP contribution in [0.25, 0.3) is 10.9 Å². The molecule has 0 fully saturated rings. The number of benzene rings is 1. The Morgan fingerprint density at radius 1 is 1.48 bits per heavy atom. The number of fused-ring (bicyclic) bond motifs is 1. The standard InChI is InChI=1S/C16H21N3O4/c1-3-10(2)15(20)9-18-16(21)6-11-8-17-14-5-4-12(19(22)23)7-13(11)14/h4-5,7-8,10,15,17,20H,3,6,9H2,1-2H3,(H,18,21). The molecule has 0 aliphatic carbocycles. The van der Waals surface area contributed by atoms with E-state index in [1.165, 1.54) is 12.1 Å². The van der Waals surface area contributed by atoms with Crippen molar-refractivity contribution < 1.29 is 14.8 Å². The first kappa shape index (κ1) is 17.0. The van der Waals surface area contributed by atoms with Crippen LogP contribution in [0.2, 0.25) is 0 Å². The Hall–Kier alpha value is -2.41. The largest absolute Gasteiger partial charge is 0.391 e. The normalized spacial score (nSPS) is 13.7. The zero-order valence-corrected chi connectivity index (χ0v) is 13.2. The molecule has 1 aromatic carbocycles. The lowest BCUT2D eigenvalue weighted by Gasteiger charge is -2.17. The van der Waals surface area contributed by atoms with Crippen LogP contribution >= 0.6 is 0 Å². The Balaban J connectivity index is 2.05. The molecule has 7 nitrogen and oxygen atoms in total. The van der Waals surface area contributed by atoms with Crippen LogP contribution in [0, 0.1) is 16.0 Å². The number of rotatable bonds is 7. The minimum Gasteiger partial charge on any atom is -0.391 e. The molecule has 2 rings (SSSR count). The summed E-state index contributed by atoms with van der Waals surface area (Å²) in [4.78, 5) is 25.4. The van der Waals surface area contributed by atoms with Crippen LogP contribution in [-0.4, -0.2) is 33.6 Å². The van der Waals surface area contributed by atoms with Gasteiger partial charge < -0.3 is 15.4 Å². The van der Waals surface area contributed by atoms with Gasteiger partial charge in [0.2, 0.25) is 5.91 Å². The number of non-ortho nitro benzene ring substituents is 1. The van der Waals surface area contributed by atoms with Crippen LogP contribution in [0.15, 0.2) is 24.4 Å². The van der Waals surface area contributed by atoms with Crippen molar-refractivity contribution in [3.63, 3.8) is 0 Å². The summed E-state index contributed by atoms with van der Waals surface area (Å²) in [6.45, 7) is 4.11. The number of nitro benzene ring substituents is 1. The van der Waals surface area contributed by atoms with E-state index in [4.69, 9.17) is 0 Å². The van der Waals surface area contributed by atoms with E-state index < -0.39 is 11.0 Å². The monoisotopic (exact) mass is 319 g/mol. The first-order valence-electron chi connectivity index (χ1n) is 7.61. The predicted molar refractivity (Wildman–Crippen MR) is 87.1 cm³/mol. The van der Waals surface area contributed by atoms with Gasteiger partial charge in [0, 0.05) is 35.8 Å². The van der Waals surface area contributed by atoms with Crippen LogP contribution in [0.3, 0.4) is 0 Å². The van der Waals surface area contributed by atoms with Gasteiger partial charge in [-0.15, -0.1) is 0 Å². The Morgan fingerprint density at radius 3 is 2.87 bits per heavy atom. The molecular formula is C16H21N3O4. The molecule has 0 aliphatic heterocycles. The van der Waals surface area contributed by atoms with Crippen molar-refractivity contribution in [1.82, 2.24) is 10.3 Å². The fraction of sp³-hybridized carbons (Fsp3) is 0.438. The molecule has 0 bridgehead atoms. The van der Waals surface area contributed by atoms with Gasteiger partial charge >= 0.3 is 0 Å². The van der Waals surface area contributed by atoms with Gasteiger partial charge in [0.05, 0.1) is 17.4 Å². The number of H-pyrrole nitrogens is 1.